The number of benzene rings is 3. The molecule has 0 aliphatic rings. The number of nitrogens with one attached hydrogen (secondary N) is 1. The Labute approximate surface area is 169 Å². The molecule has 3 aromatic carbocycles. The Morgan fingerprint density at radius 2 is 1.56 bits per heavy atom. The zero-order valence-corrected chi connectivity index (χ0v) is 17.3. The summed E-state index contributed by atoms with van der Waals surface area (Å²) in [4.78, 5) is 0. The quantitative estimate of drug-likeness (QED) is 0.506. The van der Waals surface area contributed by atoms with E-state index in [1.165, 1.54) is 11.1 Å². The number of hydrogen-bond acceptors (Lipinski definition) is 3. The highest BCUT2D eigenvalue weighted by atomic mass is 79.9. The first-order valence-corrected chi connectivity index (χ1v) is 9.74. The largest absolute Gasteiger partial charge is 0.493 e. The third kappa shape index (κ3) is 5.59. The fourth-order valence-corrected chi connectivity index (χ4v) is 3.41. The molecule has 0 spiro atoms. The fourth-order valence-electron chi connectivity index (χ4n) is 2.80. The average Bonchev–Trinajstić information content (AvgIpc) is 2.69. The SMILES string of the molecule is COc1cc(CNCc2ccc(C)cc2)cc(Br)c1OCc1ccccc1. The van der Waals surface area contributed by atoms with Crippen molar-refractivity contribution in [1.29, 1.82) is 0 Å². The van der Waals surface area contributed by atoms with Gasteiger partial charge in [-0.1, -0.05) is 60.2 Å². The van der Waals surface area contributed by atoms with Crippen LogP contribution in [0.4, 0.5) is 0 Å². The summed E-state index contributed by atoms with van der Waals surface area (Å²) in [6.07, 6.45) is 0. The van der Waals surface area contributed by atoms with Crippen molar-refractivity contribution >= 4 is 15.9 Å². The molecule has 3 rings (SSSR count). The molecule has 0 unspecified atom stereocenters. The molecular formula is C23H24BrNO2. The summed E-state index contributed by atoms with van der Waals surface area (Å²) in [6.45, 7) is 4.18. The summed E-state index contributed by atoms with van der Waals surface area (Å²) in [5, 5.41) is 3.48. The number of halogens is 1. The van der Waals surface area contributed by atoms with Gasteiger partial charge in [-0.3, -0.25) is 0 Å². The van der Waals surface area contributed by atoms with Crippen molar-refractivity contribution in [2.45, 2.75) is 26.6 Å². The van der Waals surface area contributed by atoms with E-state index in [9.17, 15) is 0 Å². The fraction of sp³-hybridized carbons (Fsp3) is 0.217. The van der Waals surface area contributed by atoms with Crippen LogP contribution in [0.1, 0.15) is 22.3 Å². The van der Waals surface area contributed by atoms with E-state index in [0.717, 1.165) is 40.2 Å². The van der Waals surface area contributed by atoms with E-state index in [2.05, 4.69) is 58.5 Å². The van der Waals surface area contributed by atoms with Crippen molar-refractivity contribution in [3.8, 4) is 11.5 Å². The first kappa shape index (κ1) is 19.5. The van der Waals surface area contributed by atoms with E-state index in [4.69, 9.17) is 9.47 Å². The number of methoxy groups -OCH3 is 1. The molecule has 1 N–H and O–H groups in total. The third-order valence-corrected chi connectivity index (χ3v) is 4.88. The van der Waals surface area contributed by atoms with Gasteiger partial charge in [-0.2, -0.15) is 0 Å². The second-order valence-electron chi connectivity index (χ2n) is 6.47. The van der Waals surface area contributed by atoms with E-state index in [1.54, 1.807) is 7.11 Å². The van der Waals surface area contributed by atoms with E-state index >= 15 is 0 Å². The van der Waals surface area contributed by atoms with Crippen LogP contribution < -0.4 is 14.8 Å². The Kier molecular flexibility index (Phi) is 6.91. The molecule has 0 aliphatic heterocycles. The van der Waals surface area contributed by atoms with Gasteiger partial charge in [0, 0.05) is 13.1 Å². The highest BCUT2D eigenvalue weighted by molar-refractivity contribution is 9.10. The van der Waals surface area contributed by atoms with Crippen molar-refractivity contribution in [3.63, 3.8) is 0 Å². The lowest BCUT2D eigenvalue weighted by molar-refractivity contribution is 0.282. The highest BCUT2D eigenvalue weighted by Crippen LogP contribution is 2.37. The van der Waals surface area contributed by atoms with Gasteiger partial charge in [0.25, 0.3) is 0 Å². The lowest BCUT2D eigenvalue weighted by Gasteiger charge is -2.15. The summed E-state index contributed by atoms with van der Waals surface area (Å²) in [5.41, 5.74) is 4.81. The Morgan fingerprint density at radius 3 is 2.26 bits per heavy atom. The van der Waals surface area contributed by atoms with Gasteiger partial charge in [0.05, 0.1) is 11.6 Å². The van der Waals surface area contributed by atoms with Gasteiger partial charge in [-0.15, -0.1) is 0 Å². The second kappa shape index (κ2) is 9.58. The molecule has 0 aliphatic carbocycles. The molecule has 3 nitrogen and oxygen atoms in total. The Balaban J connectivity index is 1.63. The standard InChI is InChI=1S/C23H24BrNO2/c1-17-8-10-18(11-9-17)14-25-15-20-12-21(24)23(22(13-20)26-2)27-16-19-6-4-3-5-7-19/h3-13,25H,14-16H2,1-2H3. The third-order valence-electron chi connectivity index (χ3n) is 4.29. The van der Waals surface area contributed by atoms with Gasteiger partial charge in [-0.05, 0) is 51.7 Å². The number of aryl methyl sites for hydroxylation is 1. The minimum atomic E-state index is 0.501. The van der Waals surface area contributed by atoms with Crippen LogP contribution in [0.2, 0.25) is 0 Å². The summed E-state index contributed by atoms with van der Waals surface area (Å²) in [6, 6.07) is 22.8. The molecule has 0 radical (unpaired) electrons. The highest BCUT2D eigenvalue weighted by Gasteiger charge is 2.12. The van der Waals surface area contributed by atoms with Gasteiger partial charge in [0.15, 0.2) is 11.5 Å². The van der Waals surface area contributed by atoms with E-state index in [1.807, 2.05) is 36.4 Å². The number of rotatable bonds is 8. The maximum absolute atomic E-state index is 5.99. The monoisotopic (exact) mass is 425 g/mol. The van der Waals surface area contributed by atoms with Crippen molar-refractivity contribution in [2.75, 3.05) is 7.11 Å². The van der Waals surface area contributed by atoms with Crippen LogP contribution in [0.25, 0.3) is 0 Å². The van der Waals surface area contributed by atoms with Crippen LogP contribution in [-0.4, -0.2) is 7.11 Å². The van der Waals surface area contributed by atoms with Crippen LogP contribution in [0.3, 0.4) is 0 Å². The normalized spacial score (nSPS) is 10.6. The van der Waals surface area contributed by atoms with Gasteiger partial charge in [0.1, 0.15) is 6.61 Å². The molecule has 0 saturated heterocycles. The minimum absolute atomic E-state index is 0.501. The number of ether oxygens (including phenoxy) is 2. The van der Waals surface area contributed by atoms with Crippen LogP contribution in [0, 0.1) is 6.92 Å². The molecule has 0 fully saturated rings. The Hall–Kier alpha value is -2.30. The van der Waals surface area contributed by atoms with Crippen molar-refractivity contribution < 1.29 is 9.47 Å². The molecule has 4 heteroatoms. The molecule has 0 aromatic heterocycles. The molecule has 0 bridgehead atoms. The zero-order chi connectivity index (χ0) is 19.1. The molecule has 3 aromatic rings. The molecular weight excluding hydrogens is 402 g/mol. The predicted molar refractivity (Wildman–Crippen MR) is 113 cm³/mol. The van der Waals surface area contributed by atoms with Gasteiger partial charge in [0.2, 0.25) is 0 Å². The lowest BCUT2D eigenvalue weighted by Crippen LogP contribution is -2.13. The van der Waals surface area contributed by atoms with Gasteiger partial charge >= 0.3 is 0 Å². The molecule has 0 atom stereocenters. The minimum Gasteiger partial charge on any atom is -0.493 e. The summed E-state index contributed by atoms with van der Waals surface area (Å²) < 4.78 is 12.4. The average molecular weight is 426 g/mol. The molecule has 0 saturated carbocycles. The van der Waals surface area contributed by atoms with E-state index in [-0.39, 0.29) is 0 Å². The van der Waals surface area contributed by atoms with E-state index < -0.39 is 0 Å². The molecule has 140 valence electrons. The van der Waals surface area contributed by atoms with E-state index in [0.29, 0.717) is 6.61 Å². The predicted octanol–water partition coefficient (Wildman–Crippen LogP) is 5.63. The second-order valence-corrected chi connectivity index (χ2v) is 7.33. The van der Waals surface area contributed by atoms with Crippen molar-refractivity contribution in [2.24, 2.45) is 0 Å². The summed E-state index contributed by atoms with van der Waals surface area (Å²) in [7, 11) is 1.67. The molecule has 0 heterocycles. The Bertz CT molecular complexity index is 864. The number of hydrogen-bond donors (Lipinski definition) is 1. The van der Waals surface area contributed by atoms with Gasteiger partial charge < -0.3 is 14.8 Å². The Morgan fingerprint density at radius 1 is 0.852 bits per heavy atom. The van der Waals surface area contributed by atoms with Crippen molar-refractivity contribution in [3.05, 3.63) is 93.5 Å². The van der Waals surface area contributed by atoms with Crippen LogP contribution >= 0.6 is 15.9 Å². The maximum Gasteiger partial charge on any atom is 0.175 e. The van der Waals surface area contributed by atoms with Crippen LogP contribution in [0.15, 0.2) is 71.2 Å². The molecule has 27 heavy (non-hydrogen) atoms. The maximum atomic E-state index is 5.99. The lowest BCUT2D eigenvalue weighted by atomic mass is 10.1. The van der Waals surface area contributed by atoms with Gasteiger partial charge in [-0.25, -0.2) is 0 Å². The van der Waals surface area contributed by atoms with Crippen molar-refractivity contribution in [1.82, 2.24) is 5.32 Å². The molecule has 0 amide bonds. The summed E-state index contributed by atoms with van der Waals surface area (Å²) >= 11 is 3.62. The summed E-state index contributed by atoms with van der Waals surface area (Å²) in [5.74, 6) is 1.45. The zero-order valence-electron chi connectivity index (χ0n) is 15.7. The van der Waals surface area contributed by atoms with Crippen LogP contribution in [-0.2, 0) is 19.7 Å². The first-order valence-electron chi connectivity index (χ1n) is 8.95. The topological polar surface area (TPSA) is 30.5 Å². The first-order chi connectivity index (χ1) is 13.2. The van der Waals surface area contributed by atoms with Crippen LogP contribution in [0.5, 0.6) is 11.5 Å². The smallest absolute Gasteiger partial charge is 0.175 e.